The van der Waals surface area contributed by atoms with Crippen LogP contribution in [0.4, 0.5) is 5.69 Å². The van der Waals surface area contributed by atoms with Crippen LogP contribution in [0.5, 0.6) is 5.75 Å². The normalized spacial score (nSPS) is 11.2. The molecule has 6 heteroatoms. The standard InChI is InChI=1S/C13H14N2O3S/c16-13-4-2-1-3-12(13)15-19(17,18)10-7-11-5-8-14-9-6-11/h1-6,8-9,15-16H,7,10H2. The van der Waals surface area contributed by atoms with E-state index in [4.69, 9.17) is 0 Å². The van der Waals surface area contributed by atoms with Gasteiger partial charge in [0.2, 0.25) is 10.0 Å². The zero-order valence-corrected chi connectivity index (χ0v) is 11.0. The van der Waals surface area contributed by atoms with Crippen LogP contribution >= 0.6 is 0 Å². The minimum Gasteiger partial charge on any atom is -0.506 e. The lowest BCUT2D eigenvalue weighted by Gasteiger charge is -2.09. The van der Waals surface area contributed by atoms with E-state index in [0.29, 0.717) is 6.42 Å². The molecule has 1 heterocycles. The fraction of sp³-hybridized carbons (Fsp3) is 0.154. The van der Waals surface area contributed by atoms with Crippen LogP contribution in [-0.2, 0) is 16.4 Å². The molecule has 0 fully saturated rings. The van der Waals surface area contributed by atoms with Gasteiger partial charge in [-0.3, -0.25) is 9.71 Å². The highest BCUT2D eigenvalue weighted by Crippen LogP contribution is 2.22. The summed E-state index contributed by atoms with van der Waals surface area (Å²) < 4.78 is 26.1. The summed E-state index contributed by atoms with van der Waals surface area (Å²) in [6.45, 7) is 0. The zero-order chi connectivity index (χ0) is 13.7. The fourth-order valence-corrected chi connectivity index (χ4v) is 2.69. The van der Waals surface area contributed by atoms with Crippen molar-refractivity contribution < 1.29 is 13.5 Å². The smallest absolute Gasteiger partial charge is 0.233 e. The molecule has 5 nitrogen and oxygen atoms in total. The van der Waals surface area contributed by atoms with Gasteiger partial charge in [-0.1, -0.05) is 12.1 Å². The van der Waals surface area contributed by atoms with Crippen molar-refractivity contribution in [2.45, 2.75) is 6.42 Å². The molecule has 1 aromatic heterocycles. The van der Waals surface area contributed by atoms with Crippen LogP contribution in [0.15, 0.2) is 48.8 Å². The number of phenols is 1. The van der Waals surface area contributed by atoms with Gasteiger partial charge in [0, 0.05) is 12.4 Å². The second-order valence-corrected chi connectivity index (χ2v) is 5.89. The zero-order valence-electron chi connectivity index (χ0n) is 10.2. The number of aromatic hydroxyl groups is 1. The molecule has 2 aromatic rings. The molecule has 2 rings (SSSR count). The van der Waals surface area contributed by atoms with Crippen molar-refractivity contribution in [3.63, 3.8) is 0 Å². The summed E-state index contributed by atoms with van der Waals surface area (Å²) in [5.74, 6) is -0.138. The van der Waals surface area contributed by atoms with E-state index in [-0.39, 0.29) is 17.2 Å². The number of rotatable bonds is 5. The summed E-state index contributed by atoms with van der Waals surface area (Å²) in [6.07, 6.45) is 3.64. The van der Waals surface area contributed by atoms with Crippen LogP contribution in [0.3, 0.4) is 0 Å². The Morgan fingerprint density at radius 1 is 1.11 bits per heavy atom. The molecule has 0 aliphatic heterocycles. The van der Waals surface area contributed by atoms with Gasteiger partial charge in [0.1, 0.15) is 5.75 Å². The van der Waals surface area contributed by atoms with Gasteiger partial charge in [-0.05, 0) is 36.2 Å². The molecule has 0 bridgehead atoms. The third-order valence-electron chi connectivity index (χ3n) is 2.58. The van der Waals surface area contributed by atoms with E-state index in [1.165, 1.54) is 12.1 Å². The number of benzene rings is 1. The first-order valence-electron chi connectivity index (χ1n) is 5.74. The molecule has 1 aromatic carbocycles. The number of phenolic OH excluding ortho intramolecular Hbond substituents is 1. The predicted molar refractivity (Wildman–Crippen MR) is 73.5 cm³/mol. The lowest BCUT2D eigenvalue weighted by Crippen LogP contribution is -2.18. The summed E-state index contributed by atoms with van der Waals surface area (Å²) in [7, 11) is -3.49. The number of sulfonamides is 1. The molecule has 0 atom stereocenters. The maximum absolute atomic E-state index is 11.9. The third kappa shape index (κ3) is 3.96. The highest BCUT2D eigenvalue weighted by molar-refractivity contribution is 7.92. The second kappa shape index (κ2) is 5.71. The van der Waals surface area contributed by atoms with Gasteiger partial charge in [-0.25, -0.2) is 8.42 Å². The number of nitrogens with one attached hydrogen (secondary N) is 1. The van der Waals surface area contributed by atoms with Crippen molar-refractivity contribution in [2.24, 2.45) is 0 Å². The van der Waals surface area contributed by atoms with Crippen molar-refractivity contribution in [2.75, 3.05) is 10.5 Å². The molecule has 0 aliphatic rings. The Morgan fingerprint density at radius 2 is 1.79 bits per heavy atom. The van der Waals surface area contributed by atoms with E-state index in [1.807, 2.05) is 0 Å². The molecule has 100 valence electrons. The predicted octanol–water partition coefficient (Wildman–Crippen LogP) is 1.77. The first-order valence-corrected chi connectivity index (χ1v) is 7.39. The van der Waals surface area contributed by atoms with Crippen LogP contribution in [-0.4, -0.2) is 24.3 Å². The number of para-hydroxylation sites is 2. The van der Waals surface area contributed by atoms with Crippen molar-refractivity contribution >= 4 is 15.7 Å². The molecule has 0 spiro atoms. The minimum absolute atomic E-state index is 0.0503. The second-order valence-electron chi connectivity index (χ2n) is 4.04. The Balaban J connectivity index is 2.02. The van der Waals surface area contributed by atoms with E-state index < -0.39 is 10.0 Å². The lowest BCUT2D eigenvalue weighted by atomic mass is 10.2. The van der Waals surface area contributed by atoms with Crippen molar-refractivity contribution in [1.82, 2.24) is 4.98 Å². The molecule has 2 N–H and O–H groups in total. The van der Waals surface area contributed by atoms with E-state index >= 15 is 0 Å². The molecular formula is C13H14N2O3S. The largest absolute Gasteiger partial charge is 0.506 e. The number of aromatic nitrogens is 1. The summed E-state index contributed by atoms with van der Waals surface area (Å²) in [6, 6.07) is 9.77. The van der Waals surface area contributed by atoms with Crippen LogP contribution in [0.25, 0.3) is 0 Å². The Hall–Kier alpha value is -2.08. The molecule has 0 aliphatic carbocycles. The lowest BCUT2D eigenvalue weighted by molar-refractivity contribution is 0.477. The average Bonchev–Trinajstić information content (AvgIpc) is 2.40. The van der Waals surface area contributed by atoms with Crippen LogP contribution in [0, 0.1) is 0 Å². The van der Waals surface area contributed by atoms with E-state index in [0.717, 1.165) is 5.56 Å². The monoisotopic (exact) mass is 278 g/mol. The van der Waals surface area contributed by atoms with Gasteiger partial charge in [-0.15, -0.1) is 0 Å². The Kier molecular flexibility index (Phi) is 4.01. The highest BCUT2D eigenvalue weighted by Gasteiger charge is 2.12. The Morgan fingerprint density at radius 3 is 2.47 bits per heavy atom. The quantitative estimate of drug-likeness (QED) is 0.817. The Bertz CT molecular complexity index is 642. The molecule has 0 unspecified atom stereocenters. The van der Waals surface area contributed by atoms with Gasteiger partial charge in [0.15, 0.2) is 0 Å². The van der Waals surface area contributed by atoms with Gasteiger partial charge < -0.3 is 5.11 Å². The van der Waals surface area contributed by atoms with E-state index in [9.17, 15) is 13.5 Å². The maximum Gasteiger partial charge on any atom is 0.233 e. The molecule has 0 saturated heterocycles. The summed E-state index contributed by atoms with van der Waals surface area (Å²) in [5, 5.41) is 9.52. The van der Waals surface area contributed by atoms with Crippen molar-refractivity contribution in [1.29, 1.82) is 0 Å². The number of pyridine rings is 1. The molecule has 0 radical (unpaired) electrons. The van der Waals surface area contributed by atoms with Gasteiger partial charge in [-0.2, -0.15) is 0 Å². The van der Waals surface area contributed by atoms with Crippen LogP contribution in [0.2, 0.25) is 0 Å². The number of hydrogen-bond acceptors (Lipinski definition) is 4. The van der Waals surface area contributed by atoms with Crippen LogP contribution < -0.4 is 4.72 Å². The Labute approximate surface area is 112 Å². The number of anilines is 1. The summed E-state index contributed by atoms with van der Waals surface area (Å²) in [4.78, 5) is 3.87. The van der Waals surface area contributed by atoms with Crippen molar-refractivity contribution in [3.8, 4) is 5.75 Å². The topological polar surface area (TPSA) is 79.3 Å². The molecular weight excluding hydrogens is 264 g/mol. The molecule has 0 amide bonds. The third-order valence-corrected chi connectivity index (χ3v) is 3.85. The van der Waals surface area contributed by atoms with Gasteiger partial charge in [0.25, 0.3) is 0 Å². The van der Waals surface area contributed by atoms with E-state index in [1.54, 1.807) is 36.7 Å². The minimum atomic E-state index is -3.49. The first-order chi connectivity index (χ1) is 9.07. The first kappa shape index (κ1) is 13.4. The number of aryl methyl sites for hydroxylation is 1. The number of nitrogens with zero attached hydrogens (tertiary/aromatic N) is 1. The SMILES string of the molecule is O=S(=O)(CCc1ccncc1)Nc1ccccc1O. The maximum atomic E-state index is 11.9. The molecule has 19 heavy (non-hydrogen) atoms. The van der Waals surface area contributed by atoms with Crippen molar-refractivity contribution in [3.05, 3.63) is 54.4 Å². The fourth-order valence-electron chi connectivity index (χ4n) is 1.58. The van der Waals surface area contributed by atoms with Gasteiger partial charge >= 0.3 is 0 Å². The summed E-state index contributed by atoms with van der Waals surface area (Å²) in [5.41, 5.74) is 1.09. The summed E-state index contributed by atoms with van der Waals surface area (Å²) >= 11 is 0. The number of hydrogen-bond donors (Lipinski definition) is 2. The average molecular weight is 278 g/mol. The van der Waals surface area contributed by atoms with E-state index in [2.05, 4.69) is 9.71 Å². The highest BCUT2D eigenvalue weighted by atomic mass is 32.2. The van der Waals surface area contributed by atoms with Gasteiger partial charge in [0.05, 0.1) is 11.4 Å². The molecule has 0 saturated carbocycles. The van der Waals surface area contributed by atoms with Crippen LogP contribution in [0.1, 0.15) is 5.56 Å².